The molecule has 1 atom stereocenters. The van der Waals surface area contributed by atoms with Gasteiger partial charge in [-0.25, -0.2) is 0 Å². The molecular formula is C18H28BrNO. The van der Waals surface area contributed by atoms with Crippen LogP contribution in [0.2, 0.25) is 0 Å². The number of aryl methyl sites for hydroxylation is 1. The Balaban J connectivity index is 2.21. The molecular weight excluding hydrogens is 326 g/mol. The molecule has 0 heterocycles. The van der Waals surface area contributed by atoms with Crippen molar-refractivity contribution in [2.24, 2.45) is 23.0 Å². The Morgan fingerprint density at radius 2 is 1.95 bits per heavy atom. The maximum absolute atomic E-state index is 11.0. The summed E-state index contributed by atoms with van der Waals surface area (Å²) < 4.78 is 0.994. The normalized spacial score (nSPS) is 27.9. The van der Waals surface area contributed by atoms with E-state index in [-0.39, 0.29) is 5.41 Å². The van der Waals surface area contributed by atoms with Gasteiger partial charge >= 0.3 is 0 Å². The summed E-state index contributed by atoms with van der Waals surface area (Å²) in [5, 5.41) is 11.0. The first-order valence-corrected chi connectivity index (χ1v) is 8.83. The highest BCUT2D eigenvalue weighted by atomic mass is 79.9. The molecule has 1 aromatic rings. The standard InChI is InChI=1S/C18H28BrNO/c1-12(2)14-6-8-18(11-20,9-7-14)17(21)15-5-4-13(3)10-16(15)19/h4-5,10,12,14,17,21H,6-9,11,20H2,1-3H3. The van der Waals surface area contributed by atoms with Crippen molar-refractivity contribution >= 4 is 15.9 Å². The van der Waals surface area contributed by atoms with Crippen molar-refractivity contribution in [3.63, 3.8) is 0 Å². The van der Waals surface area contributed by atoms with Crippen molar-refractivity contribution in [3.05, 3.63) is 33.8 Å². The number of aliphatic hydroxyl groups is 1. The lowest BCUT2D eigenvalue weighted by Crippen LogP contribution is -2.41. The minimum atomic E-state index is -0.481. The third-order valence-electron chi connectivity index (χ3n) is 5.41. The average Bonchev–Trinajstić information content (AvgIpc) is 2.46. The van der Waals surface area contributed by atoms with Crippen LogP contribution in [0.5, 0.6) is 0 Å². The van der Waals surface area contributed by atoms with E-state index >= 15 is 0 Å². The summed E-state index contributed by atoms with van der Waals surface area (Å²) >= 11 is 3.60. The van der Waals surface area contributed by atoms with E-state index in [1.54, 1.807) is 0 Å². The Kier molecular flexibility index (Phi) is 5.50. The third-order valence-corrected chi connectivity index (χ3v) is 6.09. The van der Waals surface area contributed by atoms with Crippen LogP contribution in [0.3, 0.4) is 0 Å². The summed E-state index contributed by atoms with van der Waals surface area (Å²) in [6.07, 6.45) is 3.91. The van der Waals surface area contributed by atoms with E-state index in [2.05, 4.69) is 48.8 Å². The molecule has 1 aliphatic rings. The molecule has 0 bridgehead atoms. The van der Waals surface area contributed by atoms with Gasteiger partial charge in [0.1, 0.15) is 0 Å². The topological polar surface area (TPSA) is 46.2 Å². The molecule has 1 unspecified atom stereocenters. The van der Waals surface area contributed by atoms with Gasteiger partial charge in [-0.1, -0.05) is 41.9 Å². The Labute approximate surface area is 137 Å². The van der Waals surface area contributed by atoms with Gasteiger partial charge in [0.05, 0.1) is 6.10 Å². The first-order chi connectivity index (χ1) is 9.89. The maximum Gasteiger partial charge on any atom is 0.0869 e. The number of halogens is 1. The Morgan fingerprint density at radius 3 is 2.43 bits per heavy atom. The first kappa shape index (κ1) is 17.0. The number of benzene rings is 1. The van der Waals surface area contributed by atoms with E-state index in [1.165, 1.54) is 18.4 Å². The van der Waals surface area contributed by atoms with Crippen molar-refractivity contribution in [2.75, 3.05) is 6.54 Å². The highest BCUT2D eigenvalue weighted by molar-refractivity contribution is 9.10. The molecule has 1 fully saturated rings. The number of nitrogens with two attached hydrogens (primary N) is 1. The van der Waals surface area contributed by atoms with Crippen LogP contribution >= 0.6 is 15.9 Å². The maximum atomic E-state index is 11.0. The van der Waals surface area contributed by atoms with Crippen molar-refractivity contribution in [2.45, 2.75) is 52.6 Å². The van der Waals surface area contributed by atoms with Gasteiger partial charge in [0.25, 0.3) is 0 Å². The lowest BCUT2D eigenvalue weighted by atomic mass is 9.64. The molecule has 0 radical (unpaired) electrons. The van der Waals surface area contributed by atoms with Gasteiger partial charge in [-0.3, -0.25) is 0 Å². The Bertz CT molecular complexity index is 478. The molecule has 0 amide bonds. The molecule has 3 N–H and O–H groups in total. The van der Waals surface area contributed by atoms with E-state index in [4.69, 9.17) is 5.73 Å². The molecule has 0 aromatic heterocycles. The molecule has 21 heavy (non-hydrogen) atoms. The second-order valence-electron chi connectivity index (χ2n) is 7.08. The van der Waals surface area contributed by atoms with Gasteiger partial charge in [0.15, 0.2) is 0 Å². The van der Waals surface area contributed by atoms with Gasteiger partial charge in [-0.2, -0.15) is 0 Å². The summed E-state index contributed by atoms with van der Waals surface area (Å²) in [6, 6.07) is 6.17. The van der Waals surface area contributed by atoms with Gasteiger partial charge in [-0.05, 0) is 61.6 Å². The van der Waals surface area contributed by atoms with Crippen LogP contribution in [-0.2, 0) is 0 Å². The number of hydrogen-bond acceptors (Lipinski definition) is 2. The zero-order valence-corrected chi connectivity index (χ0v) is 15.0. The van der Waals surface area contributed by atoms with Crippen LogP contribution in [0.4, 0.5) is 0 Å². The molecule has 3 heteroatoms. The van der Waals surface area contributed by atoms with Crippen LogP contribution in [-0.4, -0.2) is 11.7 Å². The second-order valence-corrected chi connectivity index (χ2v) is 7.93. The van der Waals surface area contributed by atoms with Gasteiger partial charge in [0, 0.05) is 16.4 Å². The smallest absolute Gasteiger partial charge is 0.0869 e. The third kappa shape index (κ3) is 3.52. The van der Waals surface area contributed by atoms with E-state index in [1.807, 2.05) is 6.07 Å². The molecule has 2 nitrogen and oxygen atoms in total. The number of aliphatic hydroxyl groups excluding tert-OH is 1. The Hall–Kier alpha value is -0.380. The SMILES string of the molecule is Cc1ccc(C(O)C2(CN)CCC(C(C)C)CC2)c(Br)c1. The van der Waals surface area contributed by atoms with Crippen molar-refractivity contribution in [1.29, 1.82) is 0 Å². The predicted octanol–water partition coefficient (Wildman–Crippen LogP) is 4.58. The lowest BCUT2D eigenvalue weighted by Gasteiger charge is -2.44. The fourth-order valence-corrected chi connectivity index (χ4v) is 4.36. The molecule has 1 aliphatic carbocycles. The fraction of sp³-hybridized carbons (Fsp3) is 0.667. The zero-order valence-electron chi connectivity index (χ0n) is 13.4. The minimum Gasteiger partial charge on any atom is -0.388 e. The predicted molar refractivity (Wildman–Crippen MR) is 92.1 cm³/mol. The van der Waals surface area contributed by atoms with Crippen LogP contribution in [0.1, 0.15) is 56.8 Å². The summed E-state index contributed by atoms with van der Waals surface area (Å²) in [6.45, 7) is 7.22. The van der Waals surface area contributed by atoms with Gasteiger partial charge < -0.3 is 10.8 Å². The van der Waals surface area contributed by atoms with Gasteiger partial charge in [-0.15, -0.1) is 0 Å². The van der Waals surface area contributed by atoms with Crippen LogP contribution in [0.25, 0.3) is 0 Å². The monoisotopic (exact) mass is 353 g/mol. The number of hydrogen-bond donors (Lipinski definition) is 2. The summed E-state index contributed by atoms with van der Waals surface area (Å²) in [4.78, 5) is 0. The van der Waals surface area contributed by atoms with Gasteiger partial charge in [0.2, 0.25) is 0 Å². The second kappa shape index (κ2) is 6.80. The summed E-state index contributed by atoms with van der Waals surface area (Å²) in [5.41, 5.74) is 8.12. The molecule has 118 valence electrons. The van der Waals surface area contributed by atoms with E-state index in [0.717, 1.165) is 34.7 Å². The fourth-order valence-electron chi connectivity index (χ4n) is 3.65. The first-order valence-electron chi connectivity index (χ1n) is 8.04. The van der Waals surface area contributed by atoms with E-state index in [9.17, 15) is 5.11 Å². The molecule has 2 rings (SSSR count). The lowest BCUT2D eigenvalue weighted by molar-refractivity contribution is -0.0152. The quantitative estimate of drug-likeness (QED) is 0.831. The molecule has 0 saturated heterocycles. The highest BCUT2D eigenvalue weighted by Crippen LogP contribution is 2.49. The van der Waals surface area contributed by atoms with E-state index in [0.29, 0.717) is 6.54 Å². The molecule has 1 aromatic carbocycles. The van der Waals surface area contributed by atoms with Crippen molar-refractivity contribution in [3.8, 4) is 0 Å². The number of rotatable bonds is 4. The average molecular weight is 354 g/mol. The Morgan fingerprint density at radius 1 is 1.33 bits per heavy atom. The van der Waals surface area contributed by atoms with Crippen LogP contribution in [0, 0.1) is 24.2 Å². The van der Waals surface area contributed by atoms with E-state index < -0.39 is 6.10 Å². The van der Waals surface area contributed by atoms with Crippen LogP contribution in [0.15, 0.2) is 22.7 Å². The highest BCUT2D eigenvalue weighted by Gasteiger charge is 2.41. The zero-order chi connectivity index (χ0) is 15.6. The summed E-state index contributed by atoms with van der Waals surface area (Å²) in [5.74, 6) is 1.50. The largest absolute Gasteiger partial charge is 0.388 e. The van der Waals surface area contributed by atoms with Crippen molar-refractivity contribution in [1.82, 2.24) is 0 Å². The molecule has 0 aliphatic heterocycles. The summed E-state index contributed by atoms with van der Waals surface area (Å²) in [7, 11) is 0. The minimum absolute atomic E-state index is 0.164. The molecule has 0 spiro atoms. The molecule has 1 saturated carbocycles. The van der Waals surface area contributed by atoms with Crippen LogP contribution < -0.4 is 5.73 Å². The van der Waals surface area contributed by atoms with Crippen molar-refractivity contribution < 1.29 is 5.11 Å².